The van der Waals surface area contributed by atoms with Gasteiger partial charge in [-0.25, -0.2) is 4.98 Å². The van der Waals surface area contributed by atoms with E-state index in [0.29, 0.717) is 6.54 Å². The summed E-state index contributed by atoms with van der Waals surface area (Å²) in [5, 5.41) is 5.22. The van der Waals surface area contributed by atoms with Crippen molar-refractivity contribution in [3.8, 4) is 11.4 Å². The molecule has 0 bridgehead atoms. The van der Waals surface area contributed by atoms with Crippen molar-refractivity contribution in [2.24, 2.45) is 0 Å². The molecule has 0 spiro atoms. The smallest absolute Gasteiger partial charge is 0.151 e. The van der Waals surface area contributed by atoms with Crippen LogP contribution in [-0.2, 0) is 6.54 Å². The van der Waals surface area contributed by atoms with Gasteiger partial charge >= 0.3 is 0 Å². The predicted molar refractivity (Wildman–Crippen MR) is 91.2 cm³/mol. The molecule has 23 heavy (non-hydrogen) atoms. The highest BCUT2D eigenvalue weighted by molar-refractivity contribution is 7.11. The highest BCUT2D eigenvalue weighted by Gasteiger charge is 2.19. The maximum atomic E-state index is 5.46. The lowest BCUT2D eigenvalue weighted by Crippen LogP contribution is -2.22. The van der Waals surface area contributed by atoms with Crippen LogP contribution in [0.25, 0.3) is 11.4 Å². The standard InChI is InChI=1S/C17H20N4OS/c1-11(17-12(2)23-13(3)19-17)21(4)10-14-9-16(20-22-14)15-7-5-6-8-18-15/h5-9,11H,10H2,1-4H3/t11-/m1/s1. The number of hydrogen-bond acceptors (Lipinski definition) is 6. The van der Waals surface area contributed by atoms with Crippen molar-refractivity contribution >= 4 is 11.3 Å². The van der Waals surface area contributed by atoms with Crippen LogP contribution in [0, 0.1) is 13.8 Å². The van der Waals surface area contributed by atoms with Crippen LogP contribution in [0.3, 0.4) is 0 Å². The summed E-state index contributed by atoms with van der Waals surface area (Å²) in [6.45, 7) is 7.01. The minimum absolute atomic E-state index is 0.225. The van der Waals surface area contributed by atoms with Crippen molar-refractivity contribution in [1.82, 2.24) is 20.0 Å². The molecule has 0 saturated heterocycles. The molecule has 0 N–H and O–H groups in total. The number of pyridine rings is 1. The summed E-state index contributed by atoms with van der Waals surface area (Å²) in [5.74, 6) is 0.824. The third-order valence-electron chi connectivity index (χ3n) is 3.89. The van der Waals surface area contributed by atoms with E-state index < -0.39 is 0 Å². The van der Waals surface area contributed by atoms with Gasteiger partial charge in [0.05, 0.1) is 29.0 Å². The second-order valence-electron chi connectivity index (χ2n) is 5.66. The molecule has 0 unspecified atom stereocenters. The van der Waals surface area contributed by atoms with Crippen LogP contribution in [0.2, 0.25) is 0 Å². The molecular formula is C17H20N4OS. The second-order valence-corrected chi connectivity index (χ2v) is 7.07. The molecule has 0 amide bonds. The van der Waals surface area contributed by atoms with Gasteiger partial charge in [-0.05, 0) is 40.0 Å². The fraction of sp³-hybridized carbons (Fsp3) is 0.353. The molecule has 0 aliphatic carbocycles. The maximum Gasteiger partial charge on any atom is 0.151 e. The first-order chi connectivity index (χ1) is 11.0. The largest absolute Gasteiger partial charge is 0.359 e. The fourth-order valence-corrected chi connectivity index (χ4v) is 3.45. The van der Waals surface area contributed by atoms with E-state index in [0.717, 1.165) is 27.8 Å². The first-order valence-electron chi connectivity index (χ1n) is 7.55. The summed E-state index contributed by atoms with van der Waals surface area (Å²) >= 11 is 1.74. The molecule has 0 aromatic carbocycles. The molecule has 0 fully saturated rings. The van der Waals surface area contributed by atoms with E-state index in [9.17, 15) is 0 Å². The Morgan fingerprint density at radius 3 is 2.74 bits per heavy atom. The number of rotatable bonds is 5. The van der Waals surface area contributed by atoms with Gasteiger partial charge in [0.15, 0.2) is 5.76 Å². The highest BCUT2D eigenvalue weighted by atomic mass is 32.1. The van der Waals surface area contributed by atoms with Crippen molar-refractivity contribution in [2.45, 2.75) is 33.4 Å². The molecule has 1 atom stereocenters. The first-order valence-corrected chi connectivity index (χ1v) is 8.37. The van der Waals surface area contributed by atoms with Gasteiger partial charge in [-0.3, -0.25) is 9.88 Å². The summed E-state index contributed by atoms with van der Waals surface area (Å²) in [7, 11) is 2.07. The van der Waals surface area contributed by atoms with Crippen LogP contribution in [0.1, 0.15) is 34.3 Å². The van der Waals surface area contributed by atoms with Crippen molar-refractivity contribution < 1.29 is 4.52 Å². The molecule has 0 aliphatic rings. The zero-order valence-corrected chi connectivity index (χ0v) is 14.6. The first kappa shape index (κ1) is 15.8. The van der Waals surface area contributed by atoms with E-state index in [1.165, 1.54) is 4.88 Å². The van der Waals surface area contributed by atoms with E-state index in [-0.39, 0.29) is 6.04 Å². The summed E-state index contributed by atoms with van der Waals surface area (Å²) in [6, 6.07) is 7.93. The van der Waals surface area contributed by atoms with Gasteiger partial charge in [0.2, 0.25) is 0 Å². The zero-order valence-electron chi connectivity index (χ0n) is 13.8. The molecule has 0 aliphatic heterocycles. The van der Waals surface area contributed by atoms with E-state index in [4.69, 9.17) is 4.52 Å². The number of thiazole rings is 1. The molecule has 3 heterocycles. The number of aryl methyl sites for hydroxylation is 2. The monoisotopic (exact) mass is 328 g/mol. The van der Waals surface area contributed by atoms with Gasteiger partial charge in [0.25, 0.3) is 0 Å². The Hall–Kier alpha value is -2.05. The van der Waals surface area contributed by atoms with Crippen molar-refractivity contribution in [3.63, 3.8) is 0 Å². The van der Waals surface area contributed by atoms with E-state index in [2.05, 4.69) is 40.9 Å². The lowest BCUT2D eigenvalue weighted by molar-refractivity contribution is 0.218. The van der Waals surface area contributed by atoms with E-state index in [1.807, 2.05) is 31.2 Å². The lowest BCUT2D eigenvalue weighted by atomic mass is 10.2. The quantitative estimate of drug-likeness (QED) is 0.708. The molecule has 3 aromatic heterocycles. The summed E-state index contributed by atoms with van der Waals surface area (Å²) in [6.07, 6.45) is 1.76. The van der Waals surface area contributed by atoms with Crippen molar-refractivity contribution in [2.75, 3.05) is 7.05 Å². The van der Waals surface area contributed by atoms with Gasteiger partial charge in [-0.1, -0.05) is 11.2 Å². The normalized spacial score (nSPS) is 12.7. The van der Waals surface area contributed by atoms with Crippen LogP contribution >= 0.6 is 11.3 Å². The second kappa shape index (κ2) is 6.60. The molecular weight excluding hydrogens is 308 g/mol. The highest BCUT2D eigenvalue weighted by Crippen LogP contribution is 2.27. The van der Waals surface area contributed by atoms with E-state index in [1.54, 1.807) is 17.5 Å². The Labute approximate surface area is 140 Å². The predicted octanol–water partition coefficient (Wildman–Crippen LogP) is 4.00. The summed E-state index contributed by atoms with van der Waals surface area (Å²) in [4.78, 5) is 12.4. The van der Waals surface area contributed by atoms with Crippen LogP contribution < -0.4 is 0 Å². The molecule has 120 valence electrons. The molecule has 6 heteroatoms. The topological polar surface area (TPSA) is 55.1 Å². The summed E-state index contributed by atoms with van der Waals surface area (Å²) < 4.78 is 5.46. The number of aromatic nitrogens is 3. The van der Waals surface area contributed by atoms with E-state index >= 15 is 0 Å². The van der Waals surface area contributed by atoms with Crippen LogP contribution in [0.15, 0.2) is 35.0 Å². The summed E-state index contributed by atoms with van der Waals surface area (Å²) in [5.41, 5.74) is 2.73. The molecule has 5 nitrogen and oxygen atoms in total. The molecule has 3 rings (SSSR count). The third kappa shape index (κ3) is 3.48. The Bertz CT molecular complexity index is 781. The molecule has 3 aromatic rings. The van der Waals surface area contributed by atoms with Crippen LogP contribution in [0.4, 0.5) is 0 Å². The van der Waals surface area contributed by atoms with Crippen LogP contribution in [0.5, 0.6) is 0 Å². The third-order valence-corrected chi connectivity index (χ3v) is 4.79. The minimum Gasteiger partial charge on any atom is -0.359 e. The van der Waals surface area contributed by atoms with Gasteiger partial charge in [0, 0.05) is 17.1 Å². The van der Waals surface area contributed by atoms with Crippen LogP contribution in [-0.4, -0.2) is 27.1 Å². The van der Waals surface area contributed by atoms with Gasteiger partial charge in [0.1, 0.15) is 5.69 Å². The average Bonchev–Trinajstić information content (AvgIpc) is 3.13. The Morgan fingerprint density at radius 2 is 2.09 bits per heavy atom. The van der Waals surface area contributed by atoms with Gasteiger partial charge in [-0.15, -0.1) is 11.3 Å². The average molecular weight is 328 g/mol. The molecule has 0 radical (unpaired) electrons. The maximum absolute atomic E-state index is 5.46. The number of hydrogen-bond donors (Lipinski definition) is 0. The van der Waals surface area contributed by atoms with Gasteiger partial charge < -0.3 is 4.52 Å². The van der Waals surface area contributed by atoms with Crippen molar-refractivity contribution in [1.29, 1.82) is 0 Å². The van der Waals surface area contributed by atoms with Crippen molar-refractivity contribution in [3.05, 3.63) is 51.8 Å². The minimum atomic E-state index is 0.225. The number of nitrogens with zero attached hydrogens (tertiary/aromatic N) is 4. The lowest BCUT2D eigenvalue weighted by Gasteiger charge is -2.22. The Kier molecular flexibility index (Phi) is 4.54. The Balaban J connectivity index is 1.72. The molecule has 0 saturated carbocycles. The zero-order chi connectivity index (χ0) is 16.4. The Morgan fingerprint density at radius 1 is 1.26 bits per heavy atom. The van der Waals surface area contributed by atoms with Gasteiger partial charge in [-0.2, -0.15) is 0 Å². The SMILES string of the molecule is Cc1nc([C@@H](C)N(C)Cc2cc(-c3ccccn3)no2)c(C)s1. The fourth-order valence-electron chi connectivity index (χ4n) is 2.55.